The van der Waals surface area contributed by atoms with Gasteiger partial charge < -0.3 is 5.32 Å². The number of nitrogens with zero attached hydrogens (tertiary/aromatic N) is 2. The predicted molar refractivity (Wildman–Crippen MR) is 94.9 cm³/mol. The van der Waals surface area contributed by atoms with E-state index in [1.807, 2.05) is 32.0 Å². The molecule has 1 heterocycles. The number of carbonyl (C=O) groups is 1. The smallest absolute Gasteiger partial charge is 0.262 e. The maximum Gasteiger partial charge on any atom is 0.262 e. The number of nitrogens with one attached hydrogen (secondary N) is 1. The first kappa shape index (κ1) is 17.5. The maximum atomic E-state index is 12.7. The predicted octanol–water partition coefficient (Wildman–Crippen LogP) is 2.81. The molecule has 5 nitrogen and oxygen atoms in total. The summed E-state index contributed by atoms with van der Waals surface area (Å²) in [4.78, 5) is 29.3. The Labute approximate surface area is 140 Å². The fourth-order valence-electron chi connectivity index (χ4n) is 2.28. The second-order valence-corrected chi connectivity index (χ2v) is 6.68. The Hall–Kier alpha value is -1.82. The van der Waals surface area contributed by atoms with Crippen molar-refractivity contribution >= 4 is 28.6 Å². The van der Waals surface area contributed by atoms with Crippen molar-refractivity contribution in [2.75, 3.05) is 6.54 Å². The molecule has 1 N–H and O–H groups in total. The van der Waals surface area contributed by atoms with Gasteiger partial charge in [-0.05, 0) is 32.4 Å². The van der Waals surface area contributed by atoms with Crippen molar-refractivity contribution in [2.24, 2.45) is 0 Å². The standard InChI is InChI=1S/C17H23N3O2S/c1-4-6-11-20-16(22)13-9-7-8-10-14(13)19-17(20)23-12(3)15(21)18-5-2/h7-10,12H,4-6,11H2,1-3H3,(H,18,21)/t12-/m1/s1. The second-order valence-electron chi connectivity index (χ2n) is 5.38. The summed E-state index contributed by atoms with van der Waals surface area (Å²) in [5, 5.41) is 3.75. The molecule has 0 radical (unpaired) electrons. The summed E-state index contributed by atoms with van der Waals surface area (Å²) in [5.41, 5.74) is 0.644. The van der Waals surface area contributed by atoms with E-state index in [-0.39, 0.29) is 16.7 Å². The zero-order valence-electron chi connectivity index (χ0n) is 13.8. The van der Waals surface area contributed by atoms with Crippen molar-refractivity contribution in [3.8, 4) is 0 Å². The number of para-hydroxylation sites is 1. The van der Waals surface area contributed by atoms with Gasteiger partial charge in [0, 0.05) is 13.1 Å². The van der Waals surface area contributed by atoms with Crippen LogP contribution in [-0.2, 0) is 11.3 Å². The number of aromatic nitrogens is 2. The number of rotatable bonds is 7. The molecule has 0 unspecified atom stereocenters. The third-order valence-corrected chi connectivity index (χ3v) is 4.65. The van der Waals surface area contributed by atoms with E-state index >= 15 is 0 Å². The molecule has 6 heteroatoms. The number of hydrogen-bond acceptors (Lipinski definition) is 4. The van der Waals surface area contributed by atoms with Crippen molar-refractivity contribution in [1.82, 2.24) is 14.9 Å². The largest absolute Gasteiger partial charge is 0.355 e. The third kappa shape index (κ3) is 4.13. The van der Waals surface area contributed by atoms with Gasteiger partial charge in [0.25, 0.3) is 5.56 Å². The van der Waals surface area contributed by atoms with Gasteiger partial charge in [-0.1, -0.05) is 37.2 Å². The monoisotopic (exact) mass is 333 g/mol. The summed E-state index contributed by atoms with van der Waals surface area (Å²) in [6.07, 6.45) is 1.90. The van der Waals surface area contributed by atoms with Gasteiger partial charge in [-0.25, -0.2) is 4.98 Å². The highest BCUT2D eigenvalue weighted by Crippen LogP contribution is 2.23. The number of benzene rings is 1. The van der Waals surface area contributed by atoms with Crippen molar-refractivity contribution in [3.05, 3.63) is 34.6 Å². The number of amides is 1. The molecule has 2 aromatic rings. The molecular formula is C17H23N3O2S. The first-order chi connectivity index (χ1) is 11.1. The van der Waals surface area contributed by atoms with Gasteiger partial charge in [0.2, 0.25) is 5.91 Å². The average Bonchev–Trinajstić information content (AvgIpc) is 2.55. The summed E-state index contributed by atoms with van der Waals surface area (Å²) >= 11 is 1.34. The summed E-state index contributed by atoms with van der Waals surface area (Å²) in [7, 11) is 0. The van der Waals surface area contributed by atoms with E-state index in [0.29, 0.717) is 29.1 Å². The van der Waals surface area contributed by atoms with Crippen LogP contribution in [0.5, 0.6) is 0 Å². The fraction of sp³-hybridized carbons (Fsp3) is 0.471. The number of hydrogen-bond donors (Lipinski definition) is 1. The van der Waals surface area contributed by atoms with Crippen molar-refractivity contribution in [2.45, 2.75) is 50.6 Å². The Morgan fingerprint density at radius 1 is 1.35 bits per heavy atom. The number of thioether (sulfide) groups is 1. The van der Waals surface area contributed by atoms with Gasteiger partial charge in [-0.15, -0.1) is 0 Å². The molecule has 0 bridgehead atoms. The molecule has 0 aliphatic heterocycles. The molecule has 0 fully saturated rings. The third-order valence-electron chi connectivity index (χ3n) is 3.56. The highest BCUT2D eigenvalue weighted by atomic mass is 32.2. The SMILES string of the molecule is CCCCn1c(S[C@H](C)C(=O)NCC)nc2ccccc2c1=O. The van der Waals surface area contributed by atoms with Gasteiger partial charge in [0.1, 0.15) is 0 Å². The molecule has 0 aliphatic rings. The van der Waals surface area contributed by atoms with E-state index < -0.39 is 0 Å². The van der Waals surface area contributed by atoms with E-state index in [2.05, 4.69) is 17.2 Å². The van der Waals surface area contributed by atoms with Crippen LogP contribution < -0.4 is 10.9 Å². The van der Waals surface area contributed by atoms with Crippen molar-refractivity contribution in [3.63, 3.8) is 0 Å². The summed E-state index contributed by atoms with van der Waals surface area (Å²) < 4.78 is 1.70. The Bertz CT molecular complexity index is 742. The van der Waals surface area contributed by atoms with Gasteiger partial charge in [0.05, 0.1) is 16.2 Å². The molecular weight excluding hydrogens is 310 g/mol. The van der Waals surface area contributed by atoms with Gasteiger partial charge >= 0.3 is 0 Å². The lowest BCUT2D eigenvalue weighted by atomic mass is 10.2. The molecule has 0 spiro atoms. The lowest BCUT2D eigenvalue weighted by Gasteiger charge is -2.15. The van der Waals surface area contributed by atoms with Gasteiger partial charge in [-0.3, -0.25) is 14.2 Å². The molecule has 1 amide bonds. The topological polar surface area (TPSA) is 64.0 Å². The van der Waals surface area contributed by atoms with Crippen molar-refractivity contribution < 1.29 is 4.79 Å². The van der Waals surface area contributed by atoms with E-state index in [0.717, 1.165) is 12.8 Å². The highest BCUT2D eigenvalue weighted by molar-refractivity contribution is 8.00. The minimum atomic E-state index is -0.295. The lowest BCUT2D eigenvalue weighted by Crippen LogP contribution is -2.31. The summed E-state index contributed by atoms with van der Waals surface area (Å²) in [6.45, 7) is 7.03. The zero-order valence-corrected chi connectivity index (χ0v) is 14.7. The van der Waals surface area contributed by atoms with E-state index in [9.17, 15) is 9.59 Å². The molecule has 1 aromatic heterocycles. The van der Waals surface area contributed by atoms with Gasteiger partial charge in [-0.2, -0.15) is 0 Å². The summed E-state index contributed by atoms with van der Waals surface area (Å²) in [6, 6.07) is 7.35. The zero-order chi connectivity index (χ0) is 16.8. The molecule has 1 aromatic carbocycles. The molecule has 0 aliphatic carbocycles. The van der Waals surface area contributed by atoms with E-state index in [4.69, 9.17) is 0 Å². The normalized spacial score (nSPS) is 12.3. The minimum Gasteiger partial charge on any atom is -0.355 e. The van der Waals surface area contributed by atoms with Crippen LogP contribution in [0.15, 0.2) is 34.2 Å². The molecule has 0 saturated carbocycles. The number of fused-ring (bicyclic) bond motifs is 1. The first-order valence-corrected chi connectivity index (χ1v) is 8.90. The Morgan fingerprint density at radius 2 is 2.09 bits per heavy atom. The molecule has 2 rings (SSSR count). The van der Waals surface area contributed by atoms with Crippen LogP contribution in [0.3, 0.4) is 0 Å². The Kier molecular flexibility index (Phi) is 6.21. The van der Waals surface area contributed by atoms with E-state index in [1.54, 1.807) is 10.6 Å². The Balaban J connectivity index is 2.43. The van der Waals surface area contributed by atoms with Crippen LogP contribution in [0.1, 0.15) is 33.6 Å². The van der Waals surface area contributed by atoms with E-state index in [1.165, 1.54) is 11.8 Å². The fourth-order valence-corrected chi connectivity index (χ4v) is 3.24. The van der Waals surface area contributed by atoms with Crippen molar-refractivity contribution in [1.29, 1.82) is 0 Å². The molecule has 124 valence electrons. The van der Waals surface area contributed by atoms with Crippen LogP contribution in [0, 0.1) is 0 Å². The molecule has 0 saturated heterocycles. The quantitative estimate of drug-likeness (QED) is 0.625. The van der Waals surface area contributed by atoms with Crippen LogP contribution in [0.25, 0.3) is 10.9 Å². The number of carbonyl (C=O) groups excluding carboxylic acids is 1. The van der Waals surface area contributed by atoms with Crippen LogP contribution in [0.2, 0.25) is 0 Å². The first-order valence-electron chi connectivity index (χ1n) is 8.02. The van der Waals surface area contributed by atoms with Crippen LogP contribution in [-0.4, -0.2) is 27.3 Å². The summed E-state index contributed by atoms with van der Waals surface area (Å²) in [5.74, 6) is -0.0399. The molecule has 1 atom stereocenters. The second kappa shape index (κ2) is 8.15. The van der Waals surface area contributed by atoms with Crippen LogP contribution >= 0.6 is 11.8 Å². The molecule has 23 heavy (non-hydrogen) atoms. The van der Waals surface area contributed by atoms with Crippen LogP contribution in [0.4, 0.5) is 0 Å². The average molecular weight is 333 g/mol. The number of unbranched alkanes of at least 4 members (excludes halogenated alkanes) is 1. The lowest BCUT2D eigenvalue weighted by molar-refractivity contribution is -0.120. The highest BCUT2D eigenvalue weighted by Gasteiger charge is 2.18. The Morgan fingerprint density at radius 3 is 2.78 bits per heavy atom. The van der Waals surface area contributed by atoms with Gasteiger partial charge in [0.15, 0.2) is 5.16 Å². The minimum absolute atomic E-state index is 0.0327. The maximum absolute atomic E-state index is 12.7.